The number of fused-ring (bicyclic) bond motifs is 1. The van der Waals surface area contributed by atoms with E-state index in [4.69, 9.17) is 28.6 Å². The number of thiocarbonyl (C=S) groups is 1. The molecule has 30 heavy (non-hydrogen) atoms. The average molecular weight is 484 g/mol. The van der Waals surface area contributed by atoms with E-state index in [9.17, 15) is 13.2 Å². The number of carbonyl (C=O) groups excluding carboxylic acids is 1. The van der Waals surface area contributed by atoms with Gasteiger partial charge in [0.1, 0.15) is 10.6 Å². The van der Waals surface area contributed by atoms with Crippen LogP contribution in [0.15, 0.2) is 47.4 Å². The second kappa shape index (κ2) is 8.86. The smallest absolute Gasteiger partial charge is 0.269 e. The Bertz CT molecular complexity index is 1220. The number of sulfonamides is 1. The molecule has 0 bridgehead atoms. The van der Waals surface area contributed by atoms with Gasteiger partial charge in [-0.1, -0.05) is 11.6 Å². The second-order valence-electron chi connectivity index (χ2n) is 6.33. The van der Waals surface area contributed by atoms with E-state index in [1.54, 1.807) is 31.4 Å². The summed E-state index contributed by atoms with van der Waals surface area (Å²) in [6.07, 6.45) is 0. The highest BCUT2D eigenvalue weighted by Crippen LogP contribution is 2.37. The summed E-state index contributed by atoms with van der Waals surface area (Å²) in [6.45, 7) is 0. The van der Waals surface area contributed by atoms with Gasteiger partial charge in [0, 0.05) is 29.9 Å². The third kappa shape index (κ3) is 4.57. The lowest BCUT2D eigenvalue weighted by Gasteiger charge is -2.13. The number of benzene rings is 2. The quantitative estimate of drug-likeness (QED) is 0.534. The predicted octanol–water partition coefficient (Wildman–Crippen LogP) is 3.94. The maximum Gasteiger partial charge on any atom is 0.269 e. The van der Waals surface area contributed by atoms with Gasteiger partial charge in [-0.2, -0.15) is 0 Å². The number of methoxy groups -OCH3 is 1. The molecule has 1 aromatic heterocycles. The molecular formula is C19H18ClN3O4S3. The molecule has 0 aliphatic rings. The van der Waals surface area contributed by atoms with Gasteiger partial charge in [-0.05, 0) is 54.7 Å². The Balaban J connectivity index is 1.71. The minimum absolute atomic E-state index is 0.0642. The average Bonchev–Trinajstić information content (AvgIpc) is 3.04. The van der Waals surface area contributed by atoms with Gasteiger partial charge in [0.15, 0.2) is 5.11 Å². The fourth-order valence-corrected chi connectivity index (χ4v) is 5.11. The normalized spacial score (nSPS) is 11.5. The van der Waals surface area contributed by atoms with Crippen LogP contribution in [0.4, 0.5) is 5.69 Å². The molecule has 2 aromatic carbocycles. The van der Waals surface area contributed by atoms with Gasteiger partial charge in [-0.3, -0.25) is 10.1 Å². The molecule has 158 valence electrons. The van der Waals surface area contributed by atoms with Crippen LogP contribution >= 0.6 is 35.2 Å². The van der Waals surface area contributed by atoms with Crippen LogP contribution in [-0.4, -0.2) is 44.9 Å². The lowest BCUT2D eigenvalue weighted by molar-refractivity contribution is 0.0982. The molecule has 0 saturated heterocycles. The minimum atomic E-state index is -3.52. The maximum atomic E-state index is 12.6. The van der Waals surface area contributed by atoms with Crippen molar-refractivity contribution >= 4 is 72.0 Å². The Kier molecular flexibility index (Phi) is 6.63. The minimum Gasteiger partial charge on any atom is -0.497 e. The molecule has 0 atom stereocenters. The Morgan fingerprint density at radius 2 is 1.83 bits per heavy atom. The van der Waals surface area contributed by atoms with E-state index in [-0.39, 0.29) is 10.0 Å². The third-order valence-corrected chi connectivity index (χ3v) is 7.85. The van der Waals surface area contributed by atoms with Crippen molar-refractivity contribution in [3.05, 3.63) is 52.4 Å². The highest BCUT2D eigenvalue weighted by Gasteiger charge is 2.19. The first kappa shape index (κ1) is 22.4. The summed E-state index contributed by atoms with van der Waals surface area (Å²) < 4.78 is 31.4. The summed E-state index contributed by atoms with van der Waals surface area (Å²) in [5.74, 6) is 0.230. The van der Waals surface area contributed by atoms with Crippen molar-refractivity contribution in [3.63, 3.8) is 0 Å². The molecule has 0 fully saturated rings. The lowest BCUT2D eigenvalue weighted by Crippen LogP contribution is -2.33. The Morgan fingerprint density at radius 3 is 2.43 bits per heavy atom. The molecule has 11 heteroatoms. The van der Waals surface area contributed by atoms with Crippen LogP contribution in [0.1, 0.15) is 9.67 Å². The number of hydrogen-bond acceptors (Lipinski definition) is 6. The van der Waals surface area contributed by atoms with Crippen molar-refractivity contribution in [1.29, 1.82) is 0 Å². The molecule has 7 nitrogen and oxygen atoms in total. The predicted molar refractivity (Wildman–Crippen MR) is 124 cm³/mol. The number of nitrogens with zero attached hydrogens (tertiary/aromatic N) is 1. The highest BCUT2D eigenvalue weighted by atomic mass is 35.5. The molecule has 3 aromatic rings. The second-order valence-corrected chi connectivity index (χ2v) is 10.3. The van der Waals surface area contributed by atoms with Crippen molar-refractivity contribution < 1.29 is 17.9 Å². The fourth-order valence-electron chi connectivity index (χ4n) is 2.56. The van der Waals surface area contributed by atoms with Crippen LogP contribution in [0.25, 0.3) is 10.1 Å². The molecule has 3 rings (SSSR count). The van der Waals surface area contributed by atoms with Gasteiger partial charge >= 0.3 is 0 Å². The molecule has 0 saturated carbocycles. The van der Waals surface area contributed by atoms with Crippen LogP contribution in [0.5, 0.6) is 5.75 Å². The zero-order valence-corrected chi connectivity index (χ0v) is 19.4. The molecule has 1 amide bonds. The van der Waals surface area contributed by atoms with E-state index < -0.39 is 15.9 Å². The number of amides is 1. The monoisotopic (exact) mass is 483 g/mol. The summed E-state index contributed by atoms with van der Waals surface area (Å²) in [4.78, 5) is 13.1. The van der Waals surface area contributed by atoms with Gasteiger partial charge in [0.25, 0.3) is 5.91 Å². The van der Waals surface area contributed by atoms with E-state index in [2.05, 4.69) is 10.6 Å². The largest absolute Gasteiger partial charge is 0.497 e. The fraction of sp³-hybridized carbons (Fsp3) is 0.158. The van der Waals surface area contributed by atoms with Gasteiger partial charge in [-0.15, -0.1) is 11.3 Å². The van der Waals surface area contributed by atoms with Crippen molar-refractivity contribution in [2.24, 2.45) is 0 Å². The molecule has 0 aliphatic heterocycles. The van der Waals surface area contributed by atoms with Crippen molar-refractivity contribution in [2.75, 3.05) is 26.5 Å². The number of anilines is 1. The number of thiophene rings is 1. The summed E-state index contributed by atoms with van der Waals surface area (Å²) in [5, 5.41) is 6.60. The van der Waals surface area contributed by atoms with Crippen molar-refractivity contribution in [2.45, 2.75) is 4.90 Å². The summed E-state index contributed by atoms with van der Waals surface area (Å²) in [6, 6.07) is 11.4. The van der Waals surface area contributed by atoms with Crippen molar-refractivity contribution in [1.82, 2.24) is 9.62 Å². The SMILES string of the molecule is COc1ccc2c(Cl)c(C(=O)NC(=S)Nc3ccc(S(=O)(=O)N(C)C)cc3)sc2c1. The zero-order valence-electron chi connectivity index (χ0n) is 16.2. The van der Waals surface area contributed by atoms with Crippen LogP contribution in [-0.2, 0) is 10.0 Å². The number of ether oxygens (including phenoxy) is 1. The number of rotatable bonds is 5. The number of hydrogen-bond donors (Lipinski definition) is 2. The van der Waals surface area contributed by atoms with Crippen LogP contribution < -0.4 is 15.4 Å². The lowest BCUT2D eigenvalue weighted by atomic mass is 10.2. The zero-order chi connectivity index (χ0) is 22.1. The topological polar surface area (TPSA) is 87.7 Å². The Labute approximate surface area is 188 Å². The molecule has 2 N–H and O–H groups in total. The van der Waals surface area contributed by atoms with Crippen LogP contribution in [0, 0.1) is 0 Å². The number of nitrogens with one attached hydrogen (secondary N) is 2. The van der Waals surface area contributed by atoms with E-state index in [0.29, 0.717) is 21.3 Å². The Morgan fingerprint density at radius 1 is 1.17 bits per heavy atom. The number of halogens is 1. The maximum absolute atomic E-state index is 12.6. The summed E-state index contributed by atoms with van der Waals surface area (Å²) in [5.41, 5.74) is 0.533. The molecule has 0 radical (unpaired) electrons. The van der Waals surface area contributed by atoms with E-state index in [0.717, 1.165) is 14.4 Å². The first-order valence-corrected chi connectivity index (χ1v) is 11.6. The van der Waals surface area contributed by atoms with E-state index in [1.165, 1.54) is 37.6 Å². The molecule has 1 heterocycles. The molecule has 0 unspecified atom stereocenters. The van der Waals surface area contributed by atoms with E-state index in [1.807, 2.05) is 6.07 Å². The van der Waals surface area contributed by atoms with Gasteiger partial charge in [0.05, 0.1) is 17.0 Å². The van der Waals surface area contributed by atoms with Crippen LogP contribution in [0.2, 0.25) is 5.02 Å². The van der Waals surface area contributed by atoms with Gasteiger partial charge in [0.2, 0.25) is 10.0 Å². The summed E-state index contributed by atoms with van der Waals surface area (Å²) in [7, 11) is 0.966. The van der Waals surface area contributed by atoms with Crippen LogP contribution in [0.3, 0.4) is 0 Å². The standard InChI is InChI=1S/C19H18ClN3O4S3/c1-23(2)30(25,26)13-7-4-11(5-8-13)21-19(28)22-18(24)17-16(20)14-9-6-12(27-3)10-15(14)29-17/h4-10H,1-3H3,(H2,21,22,24,28). The molecule has 0 aliphatic carbocycles. The first-order chi connectivity index (χ1) is 14.1. The number of carbonyl (C=O) groups is 1. The first-order valence-electron chi connectivity index (χ1n) is 8.54. The molecular weight excluding hydrogens is 466 g/mol. The summed E-state index contributed by atoms with van der Waals surface area (Å²) >= 11 is 12.8. The Hall–Kier alpha value is -2.24. The highest BCUT2D eigenvalue weighted by molar-refractivity contribution is 7.89. The van der Waals surface area contributed by atoms with Gasteiger partial charge < -0.3 is 10.1 Å². The van der Waals surface area contributed by atoms with Crippen molar-refractivity contribution in [3.8, 4) is 5.75 Å². The van der Waals surface area contributed by atoms with E-state index >= 15 is 0 Å². The third-order valence-electron chi connectivity index (χ3n) is 4.16. The molecule has 0 spiro atoms. The van der Waals surface area contributed by atoms with Gasteiger partial charge in [-0.25, -0.2) is 12.7 Å².